The predicted molar refractivity (Wildman–Crippen MR) is 88.3 cm³/mol. The van der Waals surface area contributed by atoms with E-state index in [9.17, 15) is 0 Å². The van der Waals surface area contributed by atoms with Crippen LogP contribution >= 0.6 is 0 Å². The first-order chi connectivity index (χ1) is 11.2. The maximum Gasteiger partial charge on any atom is 0.119 e. The van der Waals surface area contributed by atoms with Crippen LogP contribution in [0.1, 0.15) is 17.5 Å². The lowest BCUT2D eigenvalue weighted by Gasteiger charge is -2.28. The van der Waals surface area contributed by atoms with E-state index in [-0.39, 0.29) is 5.60 Å². The van der Waals surface area contributed by atoms with E-state index in [1.54, 1.807) is 13.4 Å². The number of aryl methyl sites for hydroxylation is 1. The van der Waals surface area contributed by atoms with E-state index in [1.165, 1.54) is 5.56 Å². The molecule has 0 unspecified atom stereocenters. The summed E-state index contributed by atoms with van der Waals surface area (Å²) < 4.78 is 11.8. The second kappa shape index (κ2) is 7.06. The van der Waals surface area contributed by atoms with Crippen LogP contribution in [0.5, 0.6) is 5.75 Å². The minimum atomic E-state index is -0.249. The van der Waals surface area contributed by atoms with Crippen molar-refractivity contribution in [1.82, 2.24) is 14.9 Å². The van der Waals surface area contributed by atoms with Gasteiger partial charge in [0.2, 0.25) is 0 Å². The number of hydrogen-bond donors (Lipinski definition) is 0. The Morgan fingerprint density at radius 1 is 1.17 bits per heavy atom. The van der Waals surface area contributed by atoms with Crippen molar-refractivity contribution in [2.45, 2.75) is 25.5 Å². The molecule has 0 amide bonds. The lowest BCUT2D eigenvalue weighted by molar-refractivity contribution is -0.0359. The molecule has 1 atom stereocenters. The van der Waals surface area contributed by atoms with E-state index in [2.05, 4.69) is 33.9 Å². The standard InChI is InChI=1S/C18H23N3O2/c1-15-3-5-17(6-4-15)23-13-18(22-2)7-8-21(12-18)11-16-9-19-14-20-10-16/h3-6,9-10,14H,7-8,11-13H2,1-2H3/t18-/m1/s1. The molecular weight excluding hydrogens is 290 g/mol. The van der Waals surface area contributed by atoms with Crippen LogP contribution < -0.4 is 4.74 Å². The quantitative estimate of drug-likeness (QED) is 0.820. The van der Waals surface area contributed by atoms with Gasteiger partial charge in [-0.1, -0.05) is 17.7 Å². The SMILES string of the molecule is CO[C@]1(COc2ccc(C)cc2)CCN(Cc2cncnc2)C1. The molecule has 1 aromatic heterocycles. The summed E-state index contributed by atoms with van der Waals surface area (Å²) in [7, 11) is 1.77. The van der Waals surface area contributed by atoms with E-state index < -0.39 is 0 Å². The van der Waals surface area contributed by atoms with Gasteiger partial charge >= 0.3 is 0 Å². The normalized spacial score (nSPS) is 21.5. The lowest BCUT2D eigenvalue weighted by Crippen LogP contribution is -2.41. The topological polar surface area (TPSA) is 47.5 Å². The van der Waals surface area contributed by atoms with Crippen molar-refractivity contribution in [3.05, 3.63) is 54.1 Å². The van der Waals surface area contributed by atoms with Crippen molar-refractivity contribution in [1.29, 1.82) is 0 Å². The van der Waals surface area contributed by atoms with Gasteiger partial charge in [-0.15, -0.1) is 0 Å². The first kappa shape index (κ1) is 15.9. The Morgan fingerprint density at radius 3 is 2.61 bits per heavy atom. The average molecular weight is 313 g/mol. The third kappa shape index (κ3) is 4.06. The van der Waals surface area contributed by atoms with Crippen molar-refractivity contribution >= 4 is 0 Å². The lowest BCUT2D eigenvalue weighted by atomic mass is 10.0. The zero-order valence-electron chi connectivity index (χ0n) is 13.7. The van der Waals surface area contributed by atoms with E-state index in [4.69, 9.17) is 9.47 Å². The highest BCUT2D eigenvalue weighted by Gasteiger charge is 2.39. The Kier molecular flexibility index (Phi) is 4.88. The molecule has 1 aliphatic heterocycles. The third-order valence-electron chi connectivity index (χ3n) is 4.37. The molecular formula is C18H23N3O2. The van der Waals surface area contributed by atoms with Crippen LogP contribution in [0, 0.1) is 6.92 Å². The molecule has 1 aliphatic rings. The first-order valence-electron chi connectivity index (χ1n) is 7.90. The van der Waals surface area contributed by atoms with Crippen LogP contribution in [0.2, 0.25) is 0 Å². The molecule has 5 heteroatoms. The van der Waals surface area contributed by atoms with Crippen molar-refractivity contribution in [3.8, 4) is 5.75 Å². The summed E-state index contributed by atoms with van der Waals surface area (Å²) in [6.45, 7) is 5.32. The minimum absolute atomic E-state index is 0.249. The number of benzene rings is 1. The largest absolute Gasteiger partial charge is 0.491 e. The molecule has 1 saturated heterocycles. The van der Waals surface area contributed by atoms with Crippen LogP contribution in [-0.4, -0.2) is 47.3 Å². The first-order valence-corrected chi connectivity index (χ1v) is 7.90. The van der Waals surface area contributed by atoms with Gasteiger partial charge < -0.3 is 9.47 Å². The molecule has 122 valence electrons. The maximum atomic E-state index is 5.96. The highest BCUT2D eigenvalue weighted by molar-refractivity contribution is 5.26. The Morgan fingerprint density at radius 2 is 1.91 bits per heavy atom. The van der Waals surface area contributed by atoms with Gasteiger partial charge in [0, 0.05) is 44.7 Å². The Hall–Kier alpha value is -1.98. The van der Waals surface area contributed by atoms with Gasteiger partial charge in [-0.25, -0.2) is 9.97 Å². The third-order valence-corrected chi connectivity index (χ3v) is 4.37. The monoisotopic (exact) mass is 313 g/mol. The van der Waals surface area contributed by atoms with Gasteiger partial charge in [-0.3, -0.25) is 4.90 Å². The molecule has 23 heavy (non-hydrogen) atoms. The molecule has 0 N–H and O–H groups in total. The fourth-order valence-electron chi connectivity index (χ4n) is 2.92. The number of ether oxygens (including phenoxy) is 2. The van der Waals surface area contributed by atoms with Crippen LogP contribution in [0.4, 0.5) is 0 Å². The second-order valence-corrected chi connectivity index (χ2v) is 6.20. The summed E-state index contributed by atoms with van der Waals surface area (Å²) >= 11 is 0. The van der Waals surface area contributed by atoms with E-state index in [0.717, 1.165) is 37.4 Å². The van der Waals surface area contributed by atoms with Gasteiger partial charge in [0.1, 0.15) is 24.3 Å². The van der Waals surface area contributed by atoms with Gasteiger partial charge in [0.15, 0.2) is 0 Å². The van der Waals surface area contributed by atoms with Crippen molar-refractivity contribution in [2.75, 3.05) is 26.8 Å². The molecule has 0 spiro atoms. The molecule has 5 nitrogen and oxygen atoms in total. The van der Waals surface area contributed by atoms with E-state index in [1.807, 2.05) is 24.5 Å². The smallest absolute Gasteiger partial charge is 0.119 e. The highest BCUT2D eigenvalue weighted by atomic mass is 16.5. The molecule has 0 saturated carbocycles. The van der Waals surface area contributed by atoms with Gasteiger partial charge in [-0.05, 0) is 25.5 Å². The summed E-state index contributed by atoms with van der Waals surface area (Å²) in [6.07, 6.45) is 6.25. The summed E-state index contributed by atoms with van der Waals surface area (Å²) in [5, 5.41) is 0. The second-order valence-electron chi connectivity index (χ2n) is 6.20. The van der Waals surface area contributed by atoms with E-state index in [0.29, 0.717) is 6.61 Å². The fourth-order valence-corrected chi connectivity index (χ4v) is 2.92. The summed E-state index contributed by atoms with van der Waals surface area (Å²) in [6, 6.07) is 8.13. The van der Waals surface area contributed by atoms with Crippen LogP contribution in [0.15, 0.2) is 43.0 Å². The minimum Gasteiger partial charge on any atom is -0.491 e. The van der Waals surface area contributed by atoms with Crippen LogP contribution in [0.25, 0.3) is 0 Å². The molecule has 2 aromatic rings. The Balaban J connectivity index is 1.57. The number of aromatic nitrogens is 2. The van der Waals surface area contributed by atoms with Crippen LogP contribution in [0.3, 0.4) is 0 Å². The molecule has 2 heterocycles. The predicted octanol–water partition coefficient (Wildman–Crippen LogP) is 2.45. The maximum absolute atomic E-state index is 5.96. The number of rotatable bonds is 6. The van der Waals surface area contributed by atoms with Crippen LogP contribution in [-0.2, 0) is 11.3 Å². The van der Waals surface area contributed by atoms with E-state index >= 15 is 0 Å². The molecule has 0 radical (unpaired) electrons. The molecule has 1 aromatic carbocycles. The number of hydrogen-bond acceptors (Lipinski definition) is 5. The van der Waals surface area contributed by atoms with Crippen molar-refractivity contribution in [3.63, 3.8) is 0 Å². The Bertz CT molecular complexity index is 618. The molecule has 1 fully saturated rings. The van der Waals surface area contributed by atoms with Crippen molar-refractivity contribution < 1.29 is 9.47 Å². The summed E-state index contributed by atoms with van der Waals surface area (Å²) in [5.41, 5.74) is 2.11. The highest BCUT2D eigenvalue weighted by Crippen LogP contribution is 2.27. The zero-order valence-corrected chi connectivity index (χ0v) is 13.7. The van der Waals surface area contributed by atoms with Gasteiger partial charge in [-0.2, -0.15) is 0 Å². The summed E-state index contributed by atoms with van der Waals surface area (Å²) in [4.78, 5) is 10.5. The van der Waals surface area contributed by atoms with Crippen molar-refractivity contribution in [2.24, 2.45) is 0 Å². The molecule has 0 aliphatic carbocycles. The average Bonchev–Trinajstić information content (AvgIpc) is 2.99. The molecule has 0 bridgehead atoms. The zero-order chi connectivity index (χ0) is 16.1. The fraction of sp³-hybridized carbons (Fsp3) is 0.444. The summed E-state index contributed by atoms with van der Waals surface area (Å²) in [5.74, 6) is 0.891. The van der Waals surface area contributed by atoms with Gasteiger partial charge in [0.05, 0.1) is 0 Å². The number of methoxy groups -OCH3 is 1. The number of likely N-dealkylation sites (tertiary alicyclic amines) is 1. The number of nitrogens with zero attached hydrogens (tertiary/aromatic N) is 3. The Labute approximate surface area is 137 Å². The molecule has 3 rings (SSSR count). The van der Waals surface area contributed by atoms with Gasteiger partial charge in [0.25, 0.3) is 0 Å².